The average Bonchev–Trinajstić information content (AvgIpc) is 2.42. The van der Waals surface area contributed by atoms with Gasteiger partial charge in [0.15, 0.2) is 5.69 Å². The number of hydrogen-bond donors (Lipinski definition) is 2. The first-order valence-electron chi connectivity index (χ1n) is 7.26. The number of anilines is 1. The van der Waals surface area contributed by atoms with Crippen molar-refractivity contribution in [3.05, 3.63) is 17.7 Å². The third-order valence-electron chi connectivity index (χ3n) is 3.04. The maximum atomic E-state index is 12.7. The van der Waals surface area contributed by atoms with Crippen LogP contribution in [-0.4, -0.2) is 51.6 Å². The number of nitrogens with one attached hydrogen (secondary N) is 1. The number of carbonyl (C=O) groups excluding carboxylic acids is 1. The fraction of sp³-hybridized carbons (Fsp3) is 0.667. The Morgan fingerprint density at radius 3 is 2.52 bits per heavy atom. The first kappa shape index (κ1) is 17.4. The van der Waals surface area contributed by atoms with Crippen LogP contribution in [0, 0.1) is 0 Å². The van der Waals surface area contributed by atoms with E-state index in [0.717, 1.165) is 0 Å². The molecule has 1 amide bonds. The zero-order valence-corrected chi connectivity index (χ0v) is 13.8. The normalized spacial score (nSPS) is 11.6. The van der Waals surface area contributed by atoms with Crippen LogP contribution in [0.25, 0.3) is 0 Å². The van der Waals surface area contributed by atoms with Gasteiger partial charge in [-0.15, -0.1) is 0 Å². The minimum absolute atomic E-state index is 0.145. The number of aliphatic hydroxyl groups is 1. The van der Waals surface area contributed by atoms with Crippen LogP contribution in [0.3, 0.4) is 0 Å². The third kappa shape index (κ3) is 4.67. The molecule has 1 heterocycles. The Balaban J connectivity index is 3.16. The van der Waals surface area contributed by atoms with E-state index in [9.17, 15) is 9.90 Å². The van der Waals surface area contributed by atoms with E-state index < -0.39 is 5.60 Å². The Morgan fingerprint density at radius 1 is 1.48 bits per heavy atom. The number of likely N-dealkylation sites (N-methyl/N-ethyl adjacent to an activating group) is 1. The number of hydrogen-bond acceptors (Lipinski definition) is 5. The Labute approximate surface area is 126 Å². The molecule has 118 valence electrons. The van der Waals surface area contributed by atoms with E-state index >= 15 is 0 Å². The van der Waals surface area contributed by atoms with Crippen molar-refractivity contribution in [2.75, 3.05) is 25.5 Å². The Hall–Kier alpha value is -1.69. The van der Waals surface area contributed by atoms with Gasteiger partial charge in [-0.3, -0.25) is 4.79 Å². The van der Waals surface area contributed by atoms with Crippen molar-refractivity contribution in [2.45, 2.75) is 46.1 Å². The van der Waals surface area contributed by atoms with Crippen molar-refractivity contribution in [1.82, 2.24) is 14.9 Å². The second-order valence-corrected chi connectivity index (χ2v) is 6.03. The van der Waals surface area contributed by atoms with Gasteiger partial charge in [-0.25, -0.2) is 9.97 Å². The topological polar surface area (TPSA) is 78.3 Å². The van der Waals surface area contributed by atoms with Gasteiger partial charge in [0.1, 0.15) is 5.82 Å². The minimum atomic E-state index is -0.945. The summed E-state index contributed by atoms with van der Waals surface area (Å²) in [6, 6.07) is 0. The van der Waals surface area contributed by atoms with Gasteiger partial charge < -0.3 is 15.3 Å². The Kier molecular flexibility index (Phi) is 5.66. The van der Waals surface area contributed by atoms with Crippen molar-refractivity contribution in [2.24, 2.45) is 0 Å². The van der Waals surface area contributed by atoms with Crippen molar-refractivity contribution in [1.29, 1.82) is 0 Å². The lowest BCUT2D eigenvalue weighted by Crippen LogP contribution is -2.42. The molecule has 0 aliphatic heterocycles. The van der Waals surface area contributed by atoms with Gasteiger partial charge in [0.25, 0.3) is 5.91 Å². The fourth-order valence-corrected chi connectivity index (χ4v) is 1.96. The summed E-state index contributed by atoms with van der Waals surface area (Å²) >= 11 is 0. The molecule has 1 rings (SSSR count). The lowest BCUT2D eigenvalue weighted by atomic mass is 10.1. The van der Waals surface area contributed by atoms with E-state index in [-0.39, 0.29) is 18.4 Å². The molecule has 0 fully saturated rings. The lowest BCUT2D eigenvalue weighted by Gasteiger charge is -2.28. The van der Waals surface area contributed by atoms with Crippen LogP contribution in [0.1, 0.15) is 56.8 Å². The summed E-state index contributed by atoms with van der Waals surface area (Å²) in [5.74, 6) is 0.580. The minimum Gasteiger partial charge on any atom is -0.389 e. The molecule has 0 aliphatic carbocycles. The predicted molar refractivity (Wildman–Crippen MR) is 83.5 cm³/mol. The second kappa shape index (κ2) is 6.85. The molecule has 0 saturated heterocycles. The highest BCUT2D eigenvalue weighted by molar-refractivity contribution is 5.97. The van der Waals surface area contributed by atoms with Gasteiger partial charge in [-0.05, 0) is 20.8 Å². The molecule has 0 atom stereocenters. The van der Waals surface area contributed by atoms with Crippen LogP contribution in [0.2, 0.25) is 0 Å². The predicted octanol–water partition coefficient (Wildman–Crippen LogP) is 1.87. The van der Waals surface area contributed by atoms with E-state index in [2.05, 4.69) is 15.3 Å². The molecule has 0 radical (unpaired) electrons. The summed E-state index contributed by atoms with van der Waals surface area (Å²) in [5, 5.41) is 12.9. The van der Waals surface area contributed by atoms with E-state index in [1.54, 1.807) is 32.0 Å². The molecule has 1 aromatic rings. The van der Waals surface area contributed by atoms with E-state index in [1.807, 2.05) is 20.8 Å². The number of amides is 1. The molecule has 0 aliphatic rings. The summed E-state index contributed by atoms with van der Waals surface area (Å²) in [7, 11) is 1.73. The molecular weight excluding hydrogens is 268 g/mol. The lowest BCUT2D eigenvalue weighted by molar-refractivity contribution is 0.0312. The molecule has 6 nitrogen and oxygen atoms in total. The Morgan fingerprint density at radius 2 is 2.10 bits per heavy atom. The van der Waals surface area contributed by atoms with Crippen LogP contribution in [0.15, 0.2) is 6.20 Å². The number of nitrogens with zero attached hydrogens (tertiary/aromatic N) is 3. The van der Waals surface area contributed by atoms with Crippen LogP contribution >= 0.6 is 0 Å². The number of rotatable bonds is 6. The van der Waals surface area contributed by atoms with Crippen molar-refractivity contribution >= 4 is 11.6 Å². The largest absolute Gasteiger partial charge is 0.389 e. The van der Waals surface area contributed by atoms with Crippen molar-refractivity contribution in [3.8, 4) is 0 Å². The molecule has 0 saturated carbocycles. The zero-order valence-electron chi connectivity index (χ0n) is 13.8. The fourth-order valence-electron chi connectivity index (χ4n) is 1.96. The second-order valence-electron chi connectivity index (χ2n) is 6.03. The molecule has 2 N–H and O–H groups in total. The van der Waals surface area contributed by atoms with Gasteiger partial charge in [-0.2, -0.15) is 0 Å². The molecule has 21 heavy (non-hydrogen) atoms. The first-order valence-corrected chi connectivity index (χ1v) is 7.26. The van der Waals surface area contributed by atoms with Crippen molar-refractivity contribution < 1.29 is 9.90 Å². The van der Waals surface area contributed by atoms with E-state index in [0.29, 0.717) is 23.8 Å². The summed E-state index contributed by atoms with van der Waals surface area (Å²) in [6.45, 7) is 9.98. The number of carbonyl (C=O) groups is 1. The molecule has 0 spiro atoms. The van der Waals surface area contributed by atoms with Crippen LogP contribution in [0.5, 0.6) is 0 Å². The third-order valence-corrected chi connectivity index (χ3v) is 3.04. The highest BCUT2D eigenvalue weighted by atomic mass is 16.3. The molecule has 0 aromatic carbocycles. The van der Waals surface area contributed by atoms with Gasteiger partial charge in [-0.1, -0.05) is 13.8 Å². The van der Waals surface area contributed by atoms with E-state index in [4.69, 9.17) is 0 Å². The Bertz CT molecular complexity index is 495. The van der Waals surface area contributed by atoms with E-state index in [1.165, 1.54) is 0 Å². The maximum Gasteiger partial charge on any atom is 0.274 e. The first-order chi connectivity index (χ1) is 9.69. The van der Waals surface area contributed by atoms with Gasteiger partial charge in [0.2, 0.25) is 0 Å². The van der Waals surface area contributed by atoms with Crippen molar-refractivity contribution in [3.63, 3.8) is 0 Å². The van der Waals surface area contributed by atoms with Gasteiger partial charge in [0.05, 0.1) is 17.5 Å². The summed E-state index contributed by atoms with van der Waals surface area (Å²) in [4.78, 5) is 22.9. The number of aromatic nitrogens is 2. The highest BCUT2D eigenvalue weighted by Crippen LogP contribution is 2.18. The van der Waals surface area contributed by atoms with Crippen LogP contribution in [-0.2, 0) is 0 Å². The highest BCUT2D eigenvalue weighted by Gasteiger charge is 2.25. The monoisotopic (exact) mass is 294 g/mol. The molecule has 0 unspecified atom stereocenters. The van der Waals surface area contributed by atoms with Gasteiger partial charge in [0, 0.05) is 26.1 Å². The molecule has 1 aromatic heterocycles. The summed E-state index contributed by atoms with van der Waals surface area (Å²) in [5.41, 5.74) is 0.000219. The SMILES string of the molecule is CCN(CC(C)(C)O)C(=O)c1nc(C(C)C)ncc1NC. The van der Waals surface area contributed by atoms with Gasteiger partial charge >= 0.3 is 0 Å². The average molecular weight is 294 g/mol. The molecule has 0 bridgehead atoms. The molecular formula is C15H26N4O2. The van der Waals surface area contributed by atoms with Crippen LogP contribution in [0.4, 0.5) is 5.69 Å². The smallest absolute Gasteiger partial charge is 0.274 e. The maximum absolute atomic E-state index is 12.7. The molecule has 6 heteroatoms. The quantitative estimate of drug-likeness (QED) is 0.837. The summed E-state index contributed by atoms with van der Waals surface area (Å²) in [6.07, 6.45) is 1.63. The van der Waals surface area contributed by atoms with Crippen LogP contribution < -0.4 is 5.32 Å². The standard InChI is InChI=1S/C15H26N4O2/c1-7-19(9-15(4,5)21)14(20)12-11(16-6)8-17-13(18-12)10(2)3/h8,10,16,21H,7,9H2,1-6H3. The zero-order chi connectivity index (χ0) is 16.2. The summed E-state index contributed by atoms with van der Waals surface area (Å²) < 4.78 is 0.